The zero-order valence-electron chi connectivity index (χ0n) is 15.6. The minimum atomic E-state index is 0. The van der Waals surface area contributed by atoms with Crippen molar-refractivity contribution in [2.75, 3.05) is 0 Å². The van der Waals surface area contributed by atoms with Gasteiger partial charge in [0.15, 0.2) is 0 Å². The van der Waals surface area contributed by atoms with Crippen LogP contribution in [0.15, 0.2) is 108 Å². The zero-order chi connectivity index (χ0) is 17.3. The second kappa shape index (κ2) is 10.4. The maximum atomic E-state index is 3.42. The predicted molar refractivity (Wildman–Crippen MR) is 107 cm³/mol. The van der Waals surface area contributed by atoms with Crippen LogP contribution in [0, 0.1) is 12.2 Å². The Morgan fingerprint density at radius 3 is 1.41 bits per heavy atom. The average molecular weight is 493 g/mol. The number of fused-ring (bicyclic) bond motifs is 6. The van der Waals surface area contributed by atoms with Crippen molar-refractivity contribution in [3.63, 3.8) is 0 Å². The van der Waals surface area contributed by atoms with E-state index in [1.165, 1.54) is 33.4 Å². The summed E-state index contributed by atoms with van der Waals surface area (Å²) in [4.78, 5) is 0. The third-order valence-corrected chi connectivity index (χ3v) is 5.20. The van der Waals surface area contributed by atoms with Gasteiger partial charge in [0.1, 0.15) is 0 Å². The normalized spacial score (nSPS) is 20.1. The monoisotopic (exact) mass is 490 g/mol. The van der Waals surface area contributed by atoms with Crippen molar-refractivity contribution < 1.29 is 51.0 Å². The largest absolute Gasteiger partial charge is 4.00 e. The van der Waals surface area contributed by atoms with Crippen LogP contribution in [0.25, 0.3) is 0 Å². The van der Waals surface area contributed by atoms with Crippen LogP contribution < -0.4 is 24.8 Å². The molecular formula is C26H18Cl2Zr. The first-order chi connectivity index (χ1) is 12.9. The minimum Gasteiger partial charge on any atom is -1.00 e. The van der Waals surface area contributed by atoms with E-state index in [0.717, 1.165) is 0 Å². The predicted octanol–water partition coefficient (Wildman–Crippen LogP) is -0.0195. The van der Waals surface area contributed by atoms with Gasteiger partial charge >= 0.3 is 26.2 Å². The van der Waals surface area contributed by atoms with Crippen LogP contribution in [0.5, 0.6) is 0 Å². The molecule has 0 heterocycles. The topological polar surface area (TPSA) is 0 Å². The van der Waals surface area contributed by atoms with E-state index < -0.39 is 0 Å². The van der Waals surface area contributed by atoms with Crippen molar-refractivity contribution in [1.29, 1.82) is 0 Å². The standard InChI is InChI=1S/2C13H9.2ClH.Zr/c2*1-3-7-12-10(5-1)9-11-6-2-4-8-13(11)12;;;/h2*1-8,12H;2*1H;/q2*-1;;;+4/p-2. The van der Waals surface area contributed by atoms with Crippen molar-refractivity contribution in [1.82, 2.24) is 0 Å². The molecular weight excluding hydrogens is 474 g/mol. The first-order valence-electron chi connectivity index (χ1n) is 9.05. The summed E-state index contributed by atoms with van der Waals surface area (Å²) in [6, 6.07) is 16.9. The summed E-state index contributed by atoms with van der Waals surface area (Å²) in [7, 11) is 0. The molecule has 6 rings (SSSR count). The van der Waals surface area contributed by atoms with E-state index in [9.17, 15) is 0 Å². The molecule has 2 atom stereocenters. The summed E-state index contributed by atoms with van der Waals surface area (Å²) >= 11 is 0. The Bertz CT molecular complexity index is 968. The van der Waals surface area contributed by atoms with E-state index in [2.05, 4.69) is 109 Å². The average Bonchev–Trinajstić information content (AvgIpc) is 3.27. The third kappa shape index (κ3) is 4.59. The van der Waals surface area contributed by atoms with E-state index >= 15 is 0 Å². The van der Waals surface area contributed by atoms with Gasteiger partial charge in [0, 0.05) is 0 Å². The van der Waals surface area contributed by atoms with Gasteiger partial charge in [-0.05, 0) is 11.8 Å². The first-order valence-corrected chi connectivity index (χ1v) is 9.05. The molecule has 0 bridgehead atoms. The van der Waals surface area contributed by atoms with E-state index in [4.69, 9.17) is 0 Å². The van der Waals surface area contributed by atoms with Crippen molar-refractivity contribution in [3.05, 3.63) is 143 Å². The quantitative estimate of drug-likeness (QED) is 0.454. The summed E-state index contributed by atoms with van der Waals surface area (Å²) in [5.41, 5.74) is 7.86. The van der Waals surface area contributed by atoms with Crippen molar-refractivity contribution in [2.24, 2.45) is 0 Å². The molecule has 0 amide bonds. The van der Waals surface area contributed by atoms with Gasteiger partial charge in [0.25, 0.3) is 0 Å². The van der Waals surface area contributed by atoms with E-state index in [-0.39, 0.29) is 51.0 Å². The molecule has 0 spiro atoms. The SMILES string of the molecule is [C-]1=C2C=CC=CC2c2ccccc21.[C-]1=C2C=CC=CC2c2ccccc21.[Cl-].[Cl-].[Zr+4]. The molecule has 0 nitrogen and oxygen atoms in total. The summed E-state index contributed by atoms with van der Waals surface area (Å²) in [5.74, 6) is 0.919. The molecule has 0 aromatic heterocycles. The fraction of sp³-hybridized carbons (Fsp3) is 0.0769. The second-order valence-electron chi connectivity index (χ2n) is 6.78. The summed E-state index contributed by atoms with van der Waals surface area (Å²) in [6.45, 7) is 0. The molecule has 0 saturated heterocycles. The molecule has 2 unspecified atom stereocenters. The molecule has 0 N–H and O–H groups in total. The Hall–Kier alpha value is -1.66. The molecule has 29 heavy (non-hydrogen) atoms. The van der Waals surface area contributed by atoms with E-state index in [1.807, 2.05) is 0 Å². The smallest absolute Gasteiger partial charge is 1.00 e. The van der Waals surface area contributed by atoms with Crippen LogP contribution in [-0.4, -0.2) is 0 Å². The van der Waals surface area contributed by atoms with Gasteiger partial charge in [-0.1, -0.05) is 36.4 Å². The van der Waals surface area contributed by atoms with Crippen molar-refractivity contribution in [2.45, 2.75) is 11.8 Å². The zero-order valence-corrected chi connectivity index (χ0v) is 19.6. The third-order valence-electron chi connectivity index (χ3n) is 5.20. The van der Waals surface area contributed by atoms with Gasteiger partial charge in [-0.15, -0.1) is 106 Å². The fourth-order valence-corrected chi connectivity index (χ4v) is 3.94. The van der Waals surface area contributed by atoms with Gasteiger partial charge in [-0.25, -0.2) is 0 Å². The molecule has 4 aliphatic rings. The van der Waals surface area contributed by atoms with Crippen LogP contribution in [0.2, 0.25) is 0 Å². The number of benzene rings is 2. The molecule has 140 valence electrons. The number of hydrogen-bond acceptors (Lipinski definition) is 0. The van der Waals surface area contributed by atoms with Crippen molar-refractivity contribution in [3.8, 4) is 0 Å². The molecule has 0 saturated carbocycles. The van der Waals surface area contributed by atoms with Gasteiger partial charge < -0.3 is 24.8 Å². The van der Waals surface area contributed by atoms with Crippen LogP contribution in [0.4, 0.5) is 0 Å². The molecule has 0 radical (unpaired) electrons. The second-order valence-corrected chi connectivity index (χ2v) is 6.78. The van der Waals surface area contributed by atoms with Gasteiger partial charge in [0.05, 0.1) is 0 Å². The fourth-order valence-electron chi connectivity index (χ4n) is 3.94. The number of hydrogen-bond donors (Lipinski definition) is 0. The van der Waals surface area contributed by atoms with Gasteiger partial charge in [-0.3, -0.25) is 0 Å². The summed E-state index contributed by atoms with van der Waals surface area (Å²) < 4.78 is 0. The van der Waals surface area contributed by atoms with Crippen LogP contribution >= 0.6 is 0 Å². The van der Waals surface area contributed by atoms with Crippen molar-refractivity contribution >= 4 is 0 Å². The van der Waals surface area contributed by atoms with Crippen LogP contribution in [-0.2, 0) is 26.2 Å². The minimum absolute atomic E-state index is 0. The molecule has 0 aliphatic heterocycles. The number of allylic oxidation sites excluding steroid dienone is 10. The van der Waals surface area contributed by atoms with Gasteiger partial charge in [0.2, 0.25) is 0 Å². The Balaban J connectivity index is 0.000000187. The van der Waals surface area contributed by atoms with E-state index in [0.29, 0.717) is 11.8 Å². The molecule has 2 aromatic carbocycles. The maximum absolute atomic E-state index is 3.42. The molecule has 0 fully saturated rings. The molecule has 2 aromatic rings. The Kier molecular flexibility index (Phi) is 8.47. The Morgan fingerprint density at radius 1 is 0.552 bits per heavy atom. The maximum Gasteiger partial charge on any atom is 4.00 e. The van der Waals surface area contributed by atoms with E-state index in [1.54, 1.807) is 0 Å². The Morgan fingerprint density at radius 2 is 0.966 bits per heavy atom. The van der Waals surface area contributed by atoms with Gasteiger partial charge in [-0.2, -0.15) is 0 Å². The van der Waals surface area contributed by atoms with Crippen LogP contribution in [0.3, 0.4) is 0 Å². The first kappa shape index (κ1) is 23.6. The molecule has 3 heteroatoms. The molecule has 4 aliphatic carbocycles. The summed E-state index contributed by atoms with van der Waals surface area (Å²) in [5, 5.41) is 0. The van der Waals surface area contributed by atoms with Crippen LogP contribution in [0.1, 0.15) is 34.1 Å². The Labute approximate surface area is 204 Å². The summed E-state index contributed by atoms with van der Waals surface area (Å²) in [6.07, 6.45) is 23.9. The number of halogens is 2. The number of rotatable bonds is 0.